The van der Waals surface area contributed by atoms with Crippen LogP contribution in [0.2, 0.25) is 0 Å². The molecular weight excluding hydrogens is 397 g/mol. The molecule has 0 saturated heterocycles. The van der Waals surface area contributed by atoms with Crippen LogP contribution in [0.3, 0.4) is 0 Å². The van der Waals surface area contributed by atoms with E-state index in [0.717, 1.165) is 27.7 Å². The maximum absolute atomic E-state index is 13.5. The van der Waals surface area contributed by atoms with E-state index in [0.29, 0.717) is 0 Å². The number of aliphatic hydroxyl groups is 2. The molecule has 3 rings (SSSR count). The third kappa shape index (κ3) is 4.86. The SMILES string of the molecule is CC(C)n1c(/C=C/[C@@H](O)C[C@@H](O)[C@@H](C)C(=O)O)c(-c2ccc(F)cc2)c2ccccc21. The summed E-state index contributed by atoms with van der Waals surface area (Å²) >= 11 is 0. The molecule has 5 nitrogen and oxygen atoms in total. The molecule has 0 radical (unpaired) electrons. The maximum atomic E-state index is 13.5. The van der Waals surface area contributed by atoms with E-state index in [4.69, 9.17) is 5.11 Å². The lowest BCUT2D eigenvalue weighted by molar-refractivity contribution is -0.145. The lowest BCUT2D eigenvalue weighted by atomic mass is 9.98. The quantitative estimate of drug-likeness (QED) is 0.481. The Morgan fingerprint density at radius 1 is 1.06 bits per heavy atom. The summed E-state index contributed by atoms with van der Waals surface area (Å²) in [7, 11) is 0. The molecule has 0 unspecified atom stereocenters. The number of rotatable bonds is 8. The minimum atomic E-state index is -1.16. The van der Waals surface area contributed by atoms with Crippen molar-refractivity contribution in [3.8, 4) is 11.1 Å². The van der Waals surface area contributed by atoms with E-state index in [9.17, 15) is 19.4 Å². The maximum Gasteiger partial charge on any atom is 0.308 e. The molecular formula is C25H28FNO4. The number of benzene rings is 2. The molecule has 3 aromatic rings. The largest absolute Gasteiger partial charge is 0.481 e. The summed E-state index contributed by atoms with van der Waals surface area (Å²) in [5.74, 6) is -2.40. The van der Waals surface area contributed by atoms with Gasteiger partial charge in [-0.15, -0.1) is 0 Å². The van der Waals surface area contributed by atoms with E-state index in [1.165, 1.54) is 19.1 Å². The van der Waals surface area contributed by atoms with Crippen LogP contribution in [0, 0.1) is 11.7 Å². The predicted molar refractivity (Wildman–Crippen MR) is 120 cm³/mol. The summed E-state index contributed by atoms with van der Waals surface area (Å²) in [6.07, 6.45) is 1.10. The van der Waals surface area contributed by atoms with Gasteiger partial charge >= 0.3 is 5.97 Å². The number of aromatic nitrogens is 1. The molecule has 1 aromatic heterocycles. The van der Waals surface area contributed by atoms with Crippen molar-refractivity contribution in [1.82, 2.24) is 4.57 Å². The summed E-state index contributed by atoms with van der Waals surface area (Å²) in [6.45, 7) is 5.53. The van der Waals surface area contributed by atoms with Gasteiger partial charge in [0.25, 0.3) is 0 Å². The van der Waals surface area contributed by atoms with E-state index >= 15 is 0 Å². The molecule has 0 aliphatic rings. The van der Waals surface area contributed by atoms with Crippen molar-refractivity contribution in [2.45, 2.75) is 45.4 Å². The first-order valence-corrected chi connectivity index (χ1v) is 10.4. The van der Waals surface area contributed by atoms with Gasteiger partial charge in [-0.3, -0.25) is 4.79 Å². The molecule has 0 aliphatic heterocycles. The van der Waals surface area contributed by atoms with Gasteiger partial charge in [-0.05, 0) is 50.6 Å². The molecule has 3 N–H and O–H groups in total. The third-order valence-electron chi connectivity index (χ3n) is 5.52. The van der Waals surface area contributed by atoms with Crippen molar-refractivity contribution in [2.24, 2.45) is 5.92 Å². The van der Waals surface area contributed by atoms with Gasteiger partial charge < -0.3 is 19.9 Å². The molecule has 0 amide bonds. The first-order chi connectivity index (χ1) is 14.7. The molecule has 0 aliphatic carbocycles. The van der Waals surface area contributed by atoms with Crippen molar-refractivity contribution in [3.63, 3.8) is 0 Å². The van der Waals surface area contributed by atoms with Crippen molar-refractivity contribution >= 4 is 22.9 Å². The average Bonchev–Trinajstić information content (AvgIpc) is 3.06. The molecule has 0 bridgehead atoms. The van der Waals surface area contributed by atoms with Gasteiger partial charge in [0.2, 0.25) is 0 Å². The first kappa shape index (κ1) is 22.7. The number of aliphatic carboxylic acids is 1. The molecule has 3 atom stereocenters. The predicted octanol–water partition coefficient (Wildman–Crippen LogP) is 4.87. The molecule has 6 heteroatoms. The zero-order chi connectivity index (χ0) is 22.7. The smallest absolute Gasteiger partial charge is 0.308 e. The summed E-state index contributed by atoms with van der Waals surface area (Å²) in [5.41, 5.74) is 3.64. The number of carboxylic acid groups (broad SMARTS) is 1. The highest BCUT2D eigenvalue weighted by Crippen LogP contribution is 2.38. The normalized spacial score (nSPS) is 14.9. The van der Waals surface area contributed by atoms with Gasteiger partial charge in [-0.25, -0.2) is 4.39 Å². The van der Waals surface area contributed by atoms with Crippen molar-refractivity contribution in [2.75, 3.05) is 0 Å². The van der Waals surface area contributed by atoms with Crippen LogP contribution in [0.25, 0.3) is 28.1 Å². The summed E-state index contributed by atoms with van der Waals surface area (Å²) < 4.78 is 15.7. The number of hydrogen-bond donors (Lipinski definition) is 3. The van der Waals surface area contributed by atoms with E-state index in [1.54, 1.807) is 24.3 Å². The Labute approximate surface area is 181 Å². The molecule has 0 fully saturated rings. The fourth-order valence-corrected chi connectivity index (χ4v) is 3.82. The Morgan fingerprint density at radius 3 is 2.32 bits per heavy atom. The zero-order valence-electron chi connectivity index (χ0n) is 17.9. The van der Waals surface area contributed by atoms with Gasteiger partial charge in [0.1, 0.15) is 5.82 Å². The molecule has 0 spiro atoms. The van der Waals surface area contributed by atoms with Crippen LogP contribution in [0.4, 0.5) is 4.39 Å². The lowest BCUT2D eigenvalue weighted by Crippen LogP contribution is -2.28. The van der Waals surface area contributed by atoms with Crippen LogP contribution in [-0.2, 0) is 4.79 Å². The Bertz CT molecular complexity index is 1080. The second kappa shape index (κ2) is 9.45. The Kier molecular flexibility index (Phi) is 6.93. The van der Waals surface area contributed by atoms with Gasteiger partial charge in [0.05, 0.1) is 18.1 Å². The zero-order valence-corrected chi connectivity index (χ0v) is 17.9. The topological polar surface area (TPSA) is 82.7 Å². The lowest BCUT2D eigenvalue weighted by Gasteiger charge is -2.17. The Morgan fingerprint density at radius 2 is 1.71 bits per heavy atom. The number of fused-ring (bicyclic) bond motifs is 1. The van der Waals surface area contributed by atoms with E-state index in [-0.39, 0.29) is 18.3 Å². The highest BCUT2D eigenvalue weighted by molar-refractivity contribution is 6.01. The van der Waals surface area contributed by atoms with Gasteiger partial charge in [-0.1, -0.05) is 36.4 Å². The van der Waals surface area contributed by atoms with Crippen LogP contribution >= 0.6 is 0 Å². The summed E-state index contributed by atoms with van der Waals surface area (Å²) in [4.78, 5) is 11.1. The molecule has 2 aromatic carbocycles. The van der Waals surface area contributed by atoms with E-state index < -0.39 is 24.1 Å². The van der Waals surface area contributed by atoms with Crippen LogP contribution < -0.4 is 0 Å². The number of para-hydroxylation sites is 1. The monoisotopic (exact) mass is 425 g/mol. The van der Waals surface area contributed by atoms with Crippen molar-refractivity contribution in [1.29, 1.82) is 0 Å². The Hall–Kier alpha value is -2.96. The number of carboxylic acids is 1. The number of carbonyl (C=O) groups is 1. The standard InChI is InChI=1S/C25H28FNO4/c1-15(2)27-21-7-5-4-6-20(21)24(17-8-10-18(26)11-9-17)22(27)13-12-19(28)14-23(29)16(3)25(30)31/h4-13,15-16,19,23,28-29H,14H2,1-3H3,(H,30,31)/b13-12+/t16-,19-,23-/m1/s1. The number of nitrogens with zero attached hydrogens (tertiary/aromatic N) is 1. The van der Waals surface area contributed by atoms with Crippen molar-refractivity contribution in [3.05, 3.63) is 66.1 Å². The fourth-order valence-electron chi connectivity index (χ4n) is 3.82. The molecule has 164 valence electrons. The first-order valence-electron chi connectivity index (χ1n) is 10.4. The van der Waals surface area contributed by atoms with E-state index in [2.05, 4.69) is 18.4 Å². The highest BCUT2D eigenvalue weighted by atomic mass is 19.1. The summed E-state index contributed by atoms with van der Waals surface area (Å²) in [5, 5.41) is 30.5. The van der Waals surface area contributed by atoms with Crippen LogP contribution in [0.5, 0.6) is 0 Å². The van der Waals surface area contributed by atoms with Crippen LogP contribution in [0.1, 0.15) is 38.9 Å². The average molecular weight is 426 g/mol. The number of aliphatic hydroxyl groups excluding tert-OH is 2. The van der Waals surface area contributed by atoms with Crippen LogP contribution in [0.15, 0.2) is 54.6 Å². The highest BCUT2D eigenvalue weighted by Gasteiger charge is 2.23. The molecule has 1 heterocycles. The number of hydrogen-bond acceptors (Lipinski definition) is 3. The van der Waals surface area contributed by atoms with E-state index in [1.807, 2.05) is 24.3 Å². The molecule has 31 heavy (non-hydrogen) atoms. The van der Waals surface area contributed by atoms with Gasteiger partial charge in [-0.2, -0.15) is 0 Å². The number of halogens is 1. The van der Waals surface area contributed by atoms with Gasteiger partial charge in [0, 0.05) is 34.6 Å². The second-order valence-electron chi connectivity index (χ2n) is 8.10. The summed E-state index contributed by atoms with van der Waals surface area (Å²) in [6, 6.07) is 14.4. The van der Waals surface area contributed by atoms with Gasteiger partial charge in [0.15, 0.2) is 0 Å². The molecule has 0 saturated carbocycles. The minimum Gasteiger partial charge on any atom is -0.481 e. The second-order valence-corrected chi connectivity index (χ2v) is 8.10. The fraction of sp³-hybridized carbons (Fsp3) is 0.320. The Balaban J connectivity index is 2.07. The van der Waals surface area contributed by atoms with Crippen molar-refractivity contribution < 1.29 is 24.5 Å². The minimum absolute atomic E-state index is 0.0856. The third-order valence-corrected chi connectivity index (χ3v) is 5.52. The van der Waals surface area contributed by atoms with Crippen LogP contribution in [-0.4, -0.2) is 38.1 Å².